The number of ether oxygens (including phenoxy) is 1. The highest BCUT2D eigenvalue weighted by Crippen LogP contribution is 2.32. The molecule has 136 valence electrons. The van der Waals surface area contributed by atoms with E-state index < -0.39 is 0 Å². The molecule has 0 radical (unpaired) electrons. The van der Waals surface area contributed by atoms with Crippen LogP contribution in [0.3, 0.4) is 0 Å². The van der Waals surface area contributed by atoms with Gasteiger partial charge in [0.05, 0.1) is 18.4 Å². The van der Waals surface area contributed by atoms with Gasteiger partial charge in [-0.1, -0.05) is 0 Å². The Kier molecular flexibility index (Phi) is 3.63. The summed E-state index contributed by atoms with van der Waals surface area (Å²) in [5.41, 5.74) is 5.60. The van der Waals surface area contributed by atoms with Crippen molar-refractivity contribution < 1.29 is 18.7 Å². The summed E-state index contributed by atoms with van der Waals surface area (Å²) < 4.78 is 11.0. The van der Waals surface area contributed by atoms with Crippen LogP contribution in [0.4, 0.5) is 11.4 Å². The molecule has 1 aromatic heterocycles. The highest BCUT2D eigenvalue weighted by atomic mass is 16.5. The van der Waals surface area contributed by atoms with Crippen LogP contribution in [-0.2, 0) is 28.9 Å². The molecule has 27 heavy (non-hydrogen) atoms. The van der Waals surface area contributed by atoms with Crippen molar-refractivity contribution in [1.82, 2.24) is 0 Å². The van der Waals surface area contributed by atoms with Crippen molar-refractivity contribution in [2.45, 2.75) is 25.7 Å². The van der Waals surface area contributed by atoms with E-state index >= 15 is 0 Å². The minimum atomic E-state index is -0.205. The quantitative estimate of drug-likeness (QED) is 0.748. The van der Waals surface area contributed by atoms with E-state index in [0.29, 0.717) is 17.1 Å². The van der Waals surface area contributed by atoms with Crippen molar-refractivity contribution in [2.24, 2.45) is 0 Å². The van der Waals surface area contributed by atoms with Crippen LogP contribution >= 0.6 is 0 Å². The van der Waals surface area contributed by atoms with Crippen LogP contribution in [0.5, 0.6) is 5.75 Å². The Labute approximate surface area is 155 Å². The van der Waals surface area contributed by atoms with Gasteiger partial charge in [-0.2, -0.15) is 0 Å². The summed E-state index contributed by atoms with van der Waals surface area (Å²) in [7, 11) is 0. The molecule has 2 aliphatic rings. The maximum atomic E-state index is 12.5. The normalized spacial score (nSPS) is 15.0. The summed E-state index contributed by atoms with van der Waals surface area (Å²) in [4.78, 5) is 24.0. The molecule has 0 spiro atoms. The monoisotopic (exact) mass is 362 g/mol. The van der Waals surface area contributed by atoms with Gasteiger partial charge in [-0.25, -0.2) is 0 Å². The Morgan fingerprint density at radius 2 is 2.00 bits per heavy atom. The molecule has 3 aromatic rings. The molecule has 5 rings (SSSR count). The van der Waals surface area contributed by atoms with Gasteiger partial charge in [-0.3, -0.25) is 9.59 Å². The lowest BCUT2D eigenvalue weighted by Crippen LogP contribution is -2.25. The second-order valence-electron chi connectivity index (χ2n) is 7.00. The predicted octanol–water partition coefficient (Wildman–Crippen LogP) is 3.43. The number of hydrogen-bond acceptors (Lipinski definition) is 4. The number of nitrogens with one attached hydrogen (secondary N) is 2. The Morgan fingerprint density at radius 1 is 1.15 bits per heavy atom. The number of anilines is 2. The molecule has 2 amide bonds. The van der Waals surface area contributed by atoms with Gasteiger partial charge in [-0.05, 0) is 60.7 Å². The Bertz CT molecular complexity index is 1080. The van der Waals surface area contributed by atoms with E-state index in [2.05, 4.69) is 22.8 Å². The van der Waals surface area contributed by atoms with Gasteiger partial charge < -0.3 is 19.8 Å². The van der Waals surface area contributed by atoms with E-state index in [4.69, 9.17) is 9.15 Å². The van der Waals surface area contributed by atoms with E-state index in [1.165, 1.54) is 17.5 Å². The lowest BCUT2D eigenvalue weighted by atomic mass is 10.0. The first kappa shape index (κ1) is 15.9. The molecule has 0 saturated heterocycles. The van der Waals surface area contributed by atoms with Crippen LogP contribution in [0.25, 0.3) is 11.0 Å². The van der Waals surface area contributed by atoms with Crippen molar-refractivity contribution in [2.75, 3.05) is 17.2 Å². The van der Waals surface area contributed by atoms with E-state index in [-0.39, 0.29) is 24.8 Å². The summed E-state index contributed by atoms with van der Waals surface area (Å²) in [6, 6.07) is 9.46. The van der Waals surface area contributed by atoms with Crippen molar-refractivity contribution in [3.8, 4) is 5.75 Å². The van der Waals surface area contributed by atoms with Crippen LogP contribution < -0.4 is 15.4 Å². The number of hydrogen-bond donors (Lipinski definition) is 2. The maximum absolute atomic E-state index is 12.5. The van der Waals surface area contributed by atoms with E-state index in [1.54, 1.807) is 24.5 Å². The molecule has 0 unspecified atom stereocenters. The SMILES string of the molecule is O=C(Cc1coc2cc3c(cc12)CCC3)Nc1ccc2c(c1)NC(=O)CO2. The van der Waals surface area contributed by atoms with Crippen LogP contribution in [0, 0.1) is 0 Å². The van der Waals surface area contributed by atoms with Crippen LogP contribution in [-0.4, -0.2) is 18.4 Å². The Hall–Kier alpha value is -3.28. The number of carbonyl (C=O) groups is 2. The molecule has 0 saturated carbocycles. The Balaban J connectivity index is 1.35. The topological polar surface area (TPSA) is 80.6 Å². The number of fused-ring (bicyclic) bond motifs is 3. The zero-order chi connectivity index (χ0) is 18.4. The average Bonchev–Trinajstić information content (AvgIpc) is 3.26. The number of benzene rings is 2. The lowest BCUT2D eigenvalue weighted by Gasteiger charge is -2.18. The second-order valence-corrected chi connectivity index (χ2v) is 7.00. The van der Waals surface area contributed by atoms with Gasteiger partial charge >= 0.3 is 0 Å². The summed E-state index contributed by atoms with van der Waals surface area (Å²) in [5.74, 6) is 0.256. The molecule has 1 aliphatic carbocycles. The van der Waals surface area contributed by atoms with Crippen LogP contribution in [0.1, 0.15) is 23.1 Å². The van der Waals surface area contributed by atoms with Gasteiger partial charge in [0.25, 0.3) is 5.91 Å². The number of carbonyl (C=O) groups excluding carboxylic acids is 2. The molecule has 6 heteroatoms. The number of aryl methyl sites for hydroxylation is 2. The van der Waals surface area contributed by atoms with Gasteiger partial charge in [-0.15, -0.1) is 0 Å². The molecule has 0 atom stereocenters. The third-order valence-corrected chi connectivity index (χ3v) is 5.12. The molecule has 2 aromatic carbocycles. The summed E-state index contributed by atoms with van der Waals surface area (Å²) >= 11 is 0. The van der Waals surface area contributed by atoms with Gasteiger partial charge in [0, 0.05) is 16.6 Å². The van der Waals surface area contributed by atoms with Gasteiger partial charge in [0.15, 0.2) is 6.61 Å². The van der Waals surface area contributed by atoms with E-state index in [0.717, 1.165) is 29.4 Å². The number of furan rings is 1. The molecule has 6 nitrogen and oxygen atoms in total. The zero-order valence-electron chi connectivity index (χ0n) is 14.6. The first-order valence-corrected chi connectivity index (χ1v) is 9.04. The standard InChI is InChI=1S/C21H18N2O4/c24-20(22-15-4-5-18-17(9-15)23-21(25)11-27-18)8-14-10-26-19-7-13-3-1-2-12(13)6-16(14)19/h4-7,9-10H,1-3,8,11H2,(H,22,24)(H,23,25). The molecule has 1 aliphatic heterocycles. The van der Waals surface area contributed by atoms with E-state index in [9.17, 15) is 9.59 Å². The third-order valence-electron chi connectivity index (χ3n) is 5.12. The number of amides is 2. The smallest absolute Gasteiger partial charge is 0.262 e. The van der Waals surface area contributed by atoms with Crippen molar-refractivity contribution in [1.29, 1.82) is 0 Å². The maximum Gasteiger partial charge on any atom is 0.262 e. The molecular formula is C21H18N2O4. The first-order chi connectivity index (χ1) is 13.2. The van der Waals surface area contributed by atoms with Crippen molar-refractivity contribution in [3.63, 3.8) is 0 Å². The molecular weight excluding hydrogens is 344 g/mol. The van der Waals surface area contributed by atoms with Crippen molar-refractivity contribution >= 4 is 34.2 Å². The molecule has 2 N–H and O–H groups in total. The van der Waals surface area contributed by atoms with Gasteiger partial charge in [0.1, 0.15) is 11.3 Å². The highest BCUT2D eigenvalue weighted by molar-refractivity contribution is 5.99. The first-order valence-electron chi connectivity index (χ1n) is 9.04. The van der Waals surface area contributed by atoms with E-state index in [1.807, 2.05) is 0 Å². The van der Waals surface area contributed by atoms with Gasteiger partial charge in [0.2, 0.25) is 5.91 Å². The molecule has 2 heterocycles. The zero-order valence-corrected chi connectivity index (χ0v) is 14.6. The third kappa shape index (κ3) is 2.93. The summed E-state index contributed by atoms with van der Waals surface area (Å²) in [6.07, 6.45) is 5.26. The molecule has 0 fully saturated rings. The summed E-state index contributed by atoms with van der Waals surface area (Å²) in [6.45, 7) is 0.00989. The average molecular weight is 362 g/mol. The van der Waals surface area contributed by atoms with Crippen LogP contribution in [0.15, 0.2) is 41.0 Å². The second kappa shape index (κ2) is 6.16. The fourth-order valence-corrected chi connectivity index (χ4v) is 3.82. The lowest BCUT2D eigenvalue weighted by molar-refractivity contribution is -0.118. The van der Waals surface area contributed by atoms with Crippen molar-refractivity contribution in [3.05, 3.63) is 53.3 Å². The summed E-state index contributed by atoms with van der Waals surface area (Å²) in [5, 5.41) is 6.62. The molecule has 0 bridgehead atoms. The number of rotatable bonds is 3. The minimum absolute atomic E-state index is 0.00989. The van der Waals surface area contributed by atoms with Crippen LogP contribution in [0.2, 0.25) is 0 Å². The fraction of sp³-hybridized carbons (Fsp3) is 0.238. The fourth-order valence-electron chi connectivity index (χ4n) is 3.82. The minimum Gasteiger partial charge on any atom is -0.482 e. The Morgan fingerprint density at radius 3 is 2.89 bits per heavy atom. The highest BCUT2D eigenvalue weighted by Gasteiger charge is 2.18. The largest absolute Gasteiger partial charge is 0.482 e. The predicted molar refractivity (Wildman–Crippen MR) is 101 cm³/mol.